The fraction of sp³-hybridized carbons (Fsp3) is 0.543. The molecule has 3 aliphatic rings. The van der Waals surface area contributed by atoms with E-state index in [1.807, 2.05) is 42.5 Å². The van der Waals surface area contributed by atoms with E-state index in [-0.39, 0.29) is 37.7 Å². The first kappa shape index (κ1) is 31.2. The lowest BCUT2D eigenvalue weighted by Crippen LogP contribution is -2.42. The predicted octanol–water partition coefficient (Wildman–Crippen LogP) is 5.42. The molecular weight excluding hydrogens is 546 g/mol. The van der Waals surface area contributed by atoms with Crippen molar-refractivity contribution in [3.63, 3.8) is 0 Å². The Morgan fingerprint density at radius 3 is 2.49 bits per heavy atom. The second kappa shape index (κ2) is 14.5. The van der Waals surface area contributed by atoms with Crippen molar-refractivity contribution >= 4 is 17.9 Å². The molecule has 5 rings (SSSR count). The monoisotopic (exact) mass is 591 g/mol. The van der Waals surface area contributed by atoms with Gasteiger partial charge in [0.25, 0.3) is 0 Å². The number of aliphatic hydroxyl groups is 3. The van der Waals surface area contributed by atoms with Crippen LogP contribution in [-0.2, 0) is 16.2 Å². The molecule has 2 heterocycles. The average Bonchev–Trinajstić information content (AvgIpc) is 3.59. The van der Waals surface area contributed by atoms with E-state index in [9.17, 15) is 24.9 Å². The number of likely N-dealkylation sites (tertiary alicyclic amines) is 1. The van der Waals surface area contributed by atoms with Gasteiger partial charge in [0.15, 0.2) is 0 Å². The standard InChI is InChI=1S/C35H45NO7/c1-2-9-23(18-27-15-16-28(20-37)43-27)14-17-31(39)32-24(22-42-26-12-7-4-8-13-26)19-29-33(30(32)21-38)35(41)36(34(29)40)25-10-5-3-6-11-25/h4,7-8,12-13,15-16,18,25,29-31,33,37-39H,2-3,5-6,9-11,14,17,19-22H2,1H3/b23-18+/t29-,30+,31-,33-/m1/s1. The van der Waals surface area contributed by atoms with E-state index in [4.69, 9.17) is 9.15 Å². The lowest BCUT2D eigenvalue weighted by molar-refractivity contribution is -0.143. The van der Waals surface area contributed by atoms with E-state index in [1.165, 1.54) is 4.90 Å². The average molecular weight is 592 g/mol. The summed E-state index contributed by atoms with van der Waals surface area (Å²) in [6.07, 6.45) is 8.90. The minimum Gasteiger partial charge on any atom is -0.489 e. The van der Waals surface area contributed by atoms with Crippen molar-refractivity contribution < 1.29 is 34.1 Å². The molecule has 0 bridgehead atoms. The van der Waals surface area contributed by atoms with E-state index < -0.39 is 23.9 Å². The number of aliphatic hydroxyl groups excluding tert-OH is 3. The van der Waals surface area contributed by atoms with E-state index in [1.54, 1.807) is 6.07 Å². The molecule has 2 aliphatic carbocycles. The lowest BCUT2D eigenvalue weighted by Gasteiger charge is -2.36. The molecule has 2 aromatic rings. The maximum Gasteiger partial charge on any atom is 0.234 e. The maximum atomic E-state index is 13.9. The highest BCUT2D eigenvalue weighted by Gasteiger charge is 2.56. The van der Waals surface area contributed by atoms with Gasteiger partial charge in [-0.3, -0.25) is 14.5 Å². The highest BCUT2D eigenvalue weighted by atomic mass is 16.5. The molecule has 4 atom stereocenters. The molecule has 8 nitrogen and oxygen atoms in total. The van der Waals surface area contributed by atoms with Crippen LogP contribution in [-0.4, -0.2) is 57.4 Å². The van der Waals surface area contributed by atoms with Crippen molar-refractivity contribution in [2.24, 2.45) is 17.8 Å². The highest BCUT2D eigenvalue weighted by Crippen LogP contribution is 2.47. The van der Waals surface area contributed by atoms with Gasteiger partial charge in [0.2, 0.25) is 11.8 Å². The third-order valence-corrected chi connectivity index (χ3v) is 9.36. The molecule has 2 fully saturated rings. The number of benzene rings is 1. The normalized spacial score (nSPS) is 24.0. The van der Waals surface area contributed by atoms with E-state index >= 15 is 0 Å². The third kappa shape index (κ3) is 6.97. The van der Waals surface area contributed by atoms with Crippen LogP contribution in [0.4, 0.5) is 0 Å². The summed E-state index contributed by atoms with van der Waals surface area (Å²) in [6.45, 7) is 1.78. The molecule has 1 saturated carbocycles. The maximum absolute atomic E-state index is 13.9. The number of nitrogens with zero attached hydrogens (tertiary/aromatic N) is 1. The minimum absolute atomic E-state index is 0.0780. The molecule has 2 amide bonds. The Bertz CT molecular complexity index is 1310. The molecule has 0 unspecified atom stereocenters. The molecule has 0 spiro atoms. The molecule has 0 radical (unpaired) electrons. The zero-order chi connectivity index (χ0) is 30.3. The van der Waals surface area contributed by atoms with Crippen molar-refractivity contribution in [2.75, 3.05) is 13.2 Å². The predicted molar refractivity (Wildman–Crippen MR) is 163 cm³/mol. The van der Waals surface area contributed by atoms with Crippen LogP contribution in [0.1, 0.15) is 82.7 Å². The fourth-order valence-electron chi connectivity index (χ4n) is 7.33. The lowest BCUT2D eigenvalue weighted by atomic mass is 9.68. The summed E-state index contributed by atoms with van der Waals surface area (Å²) in [5.41, 5.74) is 2.54. The van der Waals surface area contributed by atoms with Crippen molar-refractivity contribution in [3.05, 3.63) is 70.7 Å². The van der Waals surface area contributed by atoms with E-state index in [0.717, 1.165) is 56.1 Å². The summed E-state index contributed by atoms with van der Waals surface area (Å²) in [5.74, 6) is -0.372. The number of hydrogen-bond donors (Lipinski definition) is 3. The summed E-state index contributed by atoms with van der Waals surface area (Å²) in [7, 11) is 0. The number of rotatable bonds is 13. The van der Waals surface area contributed by atoms with Gasteiger partial charge in [-0.15, -0.1) is 0 Å². The number of allylic oxidation sites excluding steroid dienone is 1. The molecule has 8 heteroatoms. The van der Waals surface area contributed by atoms with Crippen LogP contribution < -0.4 is 4.74 Å². The van der Waals surface area contributed by atoms with Gasteiger partial charge in [-0.25, -0.2) is 0 Å². The Balaban J connectivity index is 1.42. The SMILES string of the molecule is CCC/C(=C\c1ccc(CO)o1)CC[C@@H](O)C1=C(COc2ccccc2)C[C@H]2C(=O)N(C3CCCCC3)C(=O)[C@H]2[C@H]1CO. The molecule has 1 aliphatic heterocycles. The zero-order valence-electron chi connectivity index (χ0n) is 25.1. The number of imide groups is 1. The first-order chi connectivity index (χ1) is 20.9. The van der Waals surface area contributed by atoms with E-state index in [2.05, 4.69) is 6.92 Å². The van der Waals surface area contributed by atoms with Gasteiger partial charge in [0.1, 0.15) is 30.5 Å². The molecule has 232 valence electrons. The van der Waals surface area contributed by atoms with Crippen LogP contribution in [0.5, 0.6) is 5.75 Å². The second-order valence-electron chi connectivity index (χ2n) is 12.2. The van der Waals surface area contributed by atoms with Gasteiger partial charge in [0.05, 0.1) is 24.5 Å². The van der Waals surface area contributed by atoms with Gasteiger partial charge >= 0.3 is 0 Å². The number of fused-ring (bicyclic) bond motifs is 1. The van der Waals surface area contributed by atoms with Crippen LogP contribution in [0.2, 0.25) is 0 Å². The Kier molecular flexibility index (Phi) is 10.5. The number of para-hydroxylation sites is 1. The minimum atomic E-state index is -0.913. The second-order valence-corrected chi connectivity index (χ2v) is 12.2. The van der Waals surface area contributed by atoms with Gasteiger partial charge in [0, 0.05) is 12.0 Å². The van der Waals surface area contributed by atoms with Crippen LogP contribution >= 0.6 is 0 Å². The third-order valence-electron chi connectivity index (χ3n) is 9.36. The van der Waals surface area contributed by atoms with Crippen LogP contribution in [0.25, 0.3) is 6.08 Å². The molecule has 1 saturated heterocycles. The van der Waals surface area contributed by atoms with Crippen molar-refractivity contribution in [1.82, 2.24) is 4.90 Å². The zero-order valence-corrected chi connectivity index (χ0v) is 25.1. The molecule has 3 N–H and O–H groups in total. The summed E-state index contributed by atoms with van der Waals surface area (Å²) in [6, 6.07) is 12.9. The molecule has 1 aromatic carbocycles. The van der Waals surface area contributed by atoms with Gasteiger partial charge in [-0.05, 0) is 80.0 Å². The van der Waals surface area contributed by atoms with Gasteiger partial charge in [-0.1, -0.05) is 56.4 Å². The van der Waals surface area contributed by atoms with Crippen molar-refractivity contribution in [1.29, 1.82) is 0 Å². The van der Waals surface area contributed by atoms with E-state index in [0.29, 0.717) is 42.1 Å². The topological polar surface area (TPSA) is 120 Å². The van der Waals surface area contributed by atoms with Crippen molar-refractivity contribution in [2.45, 2.75) is 89.9 Å². The Hall–Kier alpha value is -3.20. The summed E-state index contributed by atoms with van der Waals surface area (Å²) >= 11 is 0. The van der Waals surface area contributed by atoms with Crippen LogP contribution in [0.15, 0.2) is 63.6 Å². The smallest absolute Gasteiger partial charge is 0.234 e. The highest BCUT2D eigenvalue weighted by molar-refractivity contribution is 6.06. The number of carbonyl (C=O) groups is 2. The fourth-order valence-corrected chi connectivity index (χ4v) is 7.33. The van der Waals surface area contributed by atoms with Crippen LogP contribution in [0, 0.1) is 17.8 Å². The Labute approximate surface area is 254 Å². The van der Waals surface area contributed by atoms with Crippen LogP contribution in [0.3, 0.4) is 0 Å². The Morgan fingerprint density at radius 2 is 1.81 bits per heavy atom. The number of furan rings is 1. The summed E-state index contributed by atoms with van der Waals surface area (Å²) in [5, 5.41) is 31.8. The summed E-state index contributed by atoms with van der Waals surface area (Å²) in [4.78, 5) is 29.1. The molecule has 1 aromatic heterocycles. The van der Waals surface area contributed by atoms with Crippen molar-refractivity contribution in [3.8, 4) is 5.75 Å². The Morgan fingerprint density at radius 1 is 1.05 bits per heavy atom. The first-order valence-electron chi connectivity index (χ1n) is 15.9. The number of hydrogen-bond acceptors (Lipinski definition) is 7. The molecule has 43 heavy (non-hydrogen) atoms. The van der Waals surface area contributed by atoms with Gasteiger partial charge < -0.3 is 24.5 Å². The van der Waals surface area contributed by atoms with Gasteiger partial charge in [-0.2, -0.15) is 0 Å². The molecular formula is C35H45NO7. The quantitative estimate of drug-likeness (QED) is 0.210. The largest absolute Gasteiger partial charge is 0.489 e. The number of ether oxygens (including phenoxy) is 1. The number of amides is 2. The summed E-state index contributed by atoms with van der Waals surface area (Å²) < 4.78 is 11.8. The number of carbonyl (C=O) groups excluding carboxylic acids is 2. The first-order valence-corrected chi connectivity index (χ1v) is 15.9.